The van der Waals surface area contributed by atoms with Gasteiger partial charge in [-0.15, -0.1) is 5.10 Å². The zero-order chi connectivity index (χ0) is 17.8. The summed E-state index contributed by atoms with van der Waals surface area (Å²) in [5, 5.41) is 10.8. The lowest BCUT2D eigenvalue weighted by molar-refractivity contribution is 0.0944. The van der Waals surface area contributed by atoms with E-state index in [1.807, 2.05) is 17.7 Å². The summed E-state index contributed by atoms with van der Waals surface area (Å²) in [4.78, 5) is 16.4. The van der Waals surface area contributed by atoms with Crippen LogP contribution in [0.25, 0.3) is 0 Å². The van der Waals surface area contributed by atoms with Crippen LogP contribution in [-0.4, -0.2) is 30.5 Å². The van der Waals surface area contributed by atoms with Crippen molar-refractivity contribution >= 4 is 17.5 Å². The molecule has 7 nitrogen and oxygen atoms in total. The van der Waals surface area contributed by atoms with Gasteiger partial charge in [-0.3, -0.25) is 4.79 Å². The molecule has 0 aliphatic carbocycles. The summed E-state index contributed by atoms with van der Waals surface area (Å²) in [6, 6.07) is 4.13. The molecule has 0 fully saturated rings. The first-order chi connectivity index (χ1) is 12.1. The molecule has 1 aromatic carbocycles. The smallest absolute Gasteiger partial charge is 0.273 e. The highest BCUT2D eigenvalue weighted by Gasteiger charge is 2.13. The molecule has 0 aliphatic heterocycles. The number of halogens is 2. The minimum atomic E-state index is -0.405. The first-order valence-corrected chi connectivity index (χ1v) is 8.07. The van der Waals surface area contributed by atoms with Crippen LogP contribution in [0.3, 0.4) is 0 Å². The number of rotatable bonds is 6. The van der Waals surface area contributed by atoms with E-state index in [4.69, 9.17) is 11.6 Å². The van der Waals surface area contributed by atoms with Crippen LogP contribution >= 0.6 is 11.6 Å². The lowest BCUT2D eigenvalue weighted by atomic mass is 10.2. The van der Waals surface area contributed by atoms with Gasteiger partial charge in [0.2, 0.25) is 0 Å². The van der Waals surface area contributed by atoms with Gasteiger partial charge in [0.1, 0.15) is 11.6 Å². The normalized spacial score (nSPS) is 10.8. The van der Waals surface area contributed by atoms with Crippen LogP contribution in [0.5, 0.6) is 0 Å². The van der Waals surface area contributed by atoms with Crippen LogP contribution in [0.4, 0.5) is 4.39 Å². The number of carbonyl (C=O) groups is 1. The van der Waals surface area contributed by atoms with Crippen molar-refractivity contribution in [3.8, 4) is 0 Å². The molecular weight excluding hydrogens is 347 g/mol. The van der Waals surface area contributed by atoms with Crippen LogP contribution in [0.2, 0.25) is 5.02 Å². The van der Waals surface area contributed by atoms with E-state index < -0.39 is 5.82 Å². The van der Waals surface area contributed by atoms with Gasteiger partial charge in [0.05, 0.1) is 19.3 Å². The summed E-state index contributed by atoms with van der Waals surface area (Å²) >= 11 is 5.99. The van der Waals surface area contributed by atoms with Gasteiger partial charge in [0.15, 0.2) is 5.69 Å². The molecule has 3 rings (SSSR count). The highest BCUT2D eigenvalue weighted by atomic mass is 35.5. The third kappa shape index (κ3) is 4.03. The Kier molecular flexibility index (Phi) is 5.08. The molecule has 0 unspecified atom stereocenters. The van der Waals surface area contributed by atoms with E-state index in [-0.39, 0.29) is 11.6 Å². The molecule has 0 aliphatic rings. The molecule has 1 N–H and O–H groups in total. The van der Waals surface area contributed by atoms with Gasteiger partial charge < -0.3 is 9.88 Å². The van der Waals surface area contributed by atoms with Crippen molar-refractivity contribution in [2.24, 2.45) is 0 Å². The molecule has 2 heterocycles. The van der Waals surface area contributed by atoms with Crippen molar-refractivity contribution in [1.29, 1.82) is 0 Å². The van der Waals surface area contributed by atoms with Crippen molar-refractivity contribution in [2.45, 2.75) is 26.6 Å². The van der Waals surface area contributed by atoms with E-state index in [1.54, 1.807) is 12.3 Å². The fraction of sp³-hybridized carbons (Fsp3) is 0.250. The Bertz CT molecular complexity index is 890. The number of nitrogens with one attached hydrogen (secondary N) is 1. The third-order valence-electron chi connectivity index (χ3n) is 3.67. The van der Waals surface area contributed by atoms with Crippen molar-refractivity contribution < 1.29 is 9.18 Å². The van der Waals surface area contributed by atoms with Gasteiger partial charge in [-0.2, -0.15) is 0 Å². The maximum Gasteiger partial charge on any atom is 0.273 e. The highest BCUT2D eigenvalue weighted by Crippen LogP contribution is 2.18. The molecule has 2 aromatic heterocycles. The van der Waals surface area contributed by atoms with Gasteiger partial charge in [-0.05, 0) is 24.6 Å². The Morgan fingerprint density at radius 1 is 1.40 bits per heavy atom. The number of hydrogen-bond donors (Lipinski definition) is 1. The Morgan fingerprint density at radius 2 is 2.24 bits per heavy atom. The predicted molar refractivity (Wildman–Crippen MR) is 89.6 cm³/mol. The van der Waals surface area contributed by atoms with Crippen molar-refractivity contribution in [3.63, 3.8) is 0 Å². The topological polar surface area (TPSA) is 77.6 Å². The Hall–Kier alpha value is -2.74. The molecular formula is C16H16ClFN6O. The number of amides is 1. The molecule has 0 spiro atoms. The fourth-order valence-corrected chi connectivity index (χ4v) is 2.58. The first kappa shape index (κ1) is 17.1. The molecule has 25 heavy (non-hydrogen) atoms. The minimum Gasteiger partial charge on any atom is -0.343 e. The Labute approximate surface area is 148 Å². The second-order valence-electron chi connectivity index (χ2n) is 5.35. The number of hydrogen-bond acceptors (Lipinski definition) is 4. The standard InChI is InChI=1S/C16H16ClFN6O/c1-2-23-6-5-19-15(23)8-20-16(25)14-10-24(22-21-14)9-11-3-4-12(18)7-13(11)17/h3-7,10H,2,8-9H2,1H3,(H,20,25). The molecule has 0 saturated carbocycles. The minimum absolute atomic E-state index is 0.188. The molecule has 0 atom stereocenters. The van der Waals surface area contributed by atoms with E-state index in [0.717, 1.165) is 12.4 Å². The molecule has 3 aromatic rings. The van der Waals surface area contributed by atoms with E-state index in [1.165, 1.54) is 23.0 Å². The summed E-state index contributed by atoms with van der Waals surface area (Å²) in [7, 11) is 0. The van der Waals surface area contributed by atoms with Gasteiger partial charge >= 0.3 is 0 Å². The van der Waals surface area contributed by atoms with Crippen LogP contribution in [0.15, 0.2) is 36.8 Å². The average molecular weight is 363 g/mol. The second kappa shape index (κ2) is 7.43. The van der Waals surface area contributed by atoms with Crippen LogP contribution < -0.4 is 5.32 Å². The second-order valence-corrected chi connectivity index (χ2v) is 5.76. The monoisotopic (exact) mass is 362 g/mol. The summed E-state index contributed by atoms with van der Waals surface area (Å²) in [5.74, 6) is 0.0151. The molecule has 0 bridgehead atoms. The molecule has 0 radical (unpaired) electrons. The number of carbonyl (C=O) groups excluding carboxylic acids is 1. The van der Waals surface area contributed by atoms with Gasteiger partial charge in [0.25, 0.3) is 5.91 Å². The largest absolute Gasteiger partial charge is 0.343 e. The fourth-order valence-electron chi connectivity index (χ4n) is 2.35. The van der Waals surface area contributed by atoms with Gasteiger partial charge in [0, 0.05) is 24.0 Å². The van der Waals surface area contributed by atoms with E-state index in [0.29, 0.717) is 23.7 Å². The maximum absolute atomic E-state index is 13.1. The van der Waals surface area contributed by atoms with Crippen LogP contribution in [0, 0.1) is 5.82 Å². The zero-order valence-corrected chi connectivity index (χ0v) is 14.2. The zero-order valence-electron chi connectivity index (χ0n) is 13.5. The summed E-state index contributed by atoms with van der Waals surface area (Å²) in [6.45, 7) is 3.37. The van der Waals surface area contributed by atoms with E-state index >= 15 is 0 Å². The van der Waals surface area contributed by atoms with Gasteiger partial charge in [-0.1, -0.05) is 22.9 Å². The van der Waals surface area contributed by atoms with Crippen LogP contribution in [0.1, 0.15) is 28.8 Å². The lowest BCUT2D eigenvalue weighted by Gasteiger charge is -2.05. The number of aryl methyl sites for hydroxylation is 1. The first-order valence-electron chi connectivity index (χ1n) is 7.69. The van der Waals surface area contributed by atoms with Crippen molar-refractivity contribution in [1.82, 2.24) is 29.9 Å². The Balaban J connectivity index is 1.63. The number of imidazole rings is 1. The molecule has 130 valence electrons. The summed E-state index contributed by atoms with van der Waals surface area (Å²) < 4.78 is 16.5. The van der Waals surface area contributed by atoms with Gasteiger partial charge in [-0.25, -0.2) is 14.1 Å². The Morgan fingerprint density at radius 3 is 3.00 bits per heavy atom. The quantitative estimate of drug-likeness (QED) is 0.729. The number of nitrogens with zero attached hydrogens (tertiary/aromatic N) is 5. The van der Waals surface area contributed by atoms with E-state index in [2.05, 4.69) is 20.6 Å². The van der Waals surface area contributed by atoms with E-state index in [9.17, 15) is 9.18 Å². The summed E-state index contributed by atoms with van der Waals surface area (Å²) in [5.41, 5.74) is 0.873. The molecule has 9 heteroatoms. The number of benzene rings is 1. The number of aromatic nitrogens is 5. The highest BCUT2D eigenvalue weighted by molar-refractivity contribution is 6.31. The van der Waals surface area contributed by atoms with Crippen molar-refractivity contribution in [3.05, 3.63) is 64.7 Å². The lowest BCUT2D eigenvalue weighted by Crippen LogP contribution is -2.25. The van der Waals surface area contributed by atoms with Crippen molar-refractivity contribution in [2.75, 3.05) is 0 Å². The molecule has 0 saturated heterocycles. The average Bonchev–Trinajstić information content (AvgIpc) is 3.24. The molecule has 1 amide bonds. The predicted octanol–water partition coefficient (Wildman–Crippen LogP) is 2.27. The SMILES string of the molecule is CCn1ccnc1CNC(=O)c1cn(Cc2ccc(F)cc2Cl)nn1. The van der Waals surface area contributed by atoms with Crippen LogP contribution in [-0.2, 0) is 19.6 Å². The summed E-state index contributed by atoms with van der Waals surface area (Å²) in [6.07, 6.45) is 5.05. The maximum atomic E-state index is 13.1. The third-order valence-corrected chi connectivity index (χ3v) is 4.02.